The molecule has 0 bridgehead atoms. The molecule has 0 aromatic heterocycles. The van der Waals surface area contributed by atoms with Gasteiger partial charge in [0.05, 0.1) is 12.1 Å². The fourth-order valence-corrected chi connectivity index (χ4v) is 6.53. The summed E-state index contributed by atoms with van der Waals surface area (Å²) in [4.78, 5) is 29.5. The maximum Gasteiger partial charge on any atom is 0.416 e. The number of piperidine rings is 1. The summed E-state index contributed by atoms with van der Waals surface area (Å²) < 4.78 is 49.8. The molecule has 1 spiro atoms. The average molecular weight is 552 g/mol. The molecule has 4 aliphatic rings. The van der Waals surface area contributed by atoms with E-state index in [-0.39, 0.29) is 17.9 Å². The monoisotopic (exact) mass is 551 g/mol. The Balaban J connectivity index is 1.02. The van der Waals surface area contributed by atoms with Gasteiger partial charge in [0.15, 0.2) is 0 Å². The van der Waals surface area contributed by atoms with Gasteiger partial charge in [0.25, 0.3) is 0 Å². The van der Waals surface area contributed by atoms with Crippen molar-refractivity contribution in [3.05, 3.63) is 35.4 Å². The number of carbonyl (C=O) groups excluding carboxylic acids is 2. The molecule has 7 nitrogen and oxygen atoms in total. The first-order valence-corrected chi connectivity index (χ1v) is 14.4. The minimum absolute atomic E-state index is 0.0620. The van der Waals surface area contributed by atoms with Crippen molar-refractivity contribution in [3.63, 3.8) is 0 Å². The number of halogens is 3. The van der Waals surface area contributed by atoms with Gasteiger partial charge in [-0.05, 0) is 68.1 Å². The molecular weight excluding hydrogens is 511 g/mol. The lowest BCUT2D eigenvalue weighted by Crippen LogP contribution is -2.47. The normalized spacial score (nSPS) is 26.5. The number of nitrogens with one attached hydrogen (secondary N) is 1. The van der Waals surface area contributed by atoms with Gasteiger partial charge in [0, 0.05) is 64.7 Å². The number of rotatable bonds is 7. The summed E-state index contributed by atoms with van der Waals surface area (Å²) in [5, 5.41) is 3.15. The number of carbonyl (C=O) groups is 2. The summed E-state index contributed by atoms with van der Waals surface area (Å²) in [6.45, 7) is 5.62. The molecule has 0 unspecified atom stereocenters. The van der Waals surface area contributed by atoms with Crippen molar-refractivity contribution in [1.29, 1.82) is 0 Å². The van der Waals surface area contributed by atoms with Gasteiger partial charge in [-0.2, -0.15) is 13.2 Å². The fourth-order valence-electron chi connectivity index (χ4n) is 6.53. The molecule has 1 aromatic rings. The number of likely N-dealkylation sites (tertiary alicyclic amines) is 1. The number of ether oxygens (including phenoxy) is 2. The summed E-state index contributed by atoms with van der Waals surface area (Å²) >= 11 is 0. The number of benzene rings is 1. The number of alkyl halides is 3. The predicted molar refractivity (Wildman–Crippen MR) is 139 cm³/mol. The molecular formula is C29H40F3N3O4. The van der Waals surface area contributed by atoms with Gasteiger partial charge in [0.1, 0.15) is 5.60 Å². The van der Waals surface area contributed by atoms with Crippen LogP contribution in [0.25, 0.3) is 0 Å². The predicted octanol–water partition coefficient (Wildman–Crippen LogP) is 4.84. The van der Waals surface area contributed by atoms with Gasteiger partial charge in [0.2, 0.25) is 5.91 Å². The Bertz CT molecular complexity index is 980. The van der Waals surface area contributed by atoms with Crippen LogP contribution in [0.3, 0.4) is 0 Å². The molecule has 1 aromatic carbocycles. The van der Waals surface area contributed by atoms with Gasteiger partial charge < -0.3 is 19.7 Å². The number of nitrogens with zero attached hydrogens (tertiary/aromatic N) is 2. The van der Waals surface area contributed by atoms with Crippen molar-refractivity contribution >= 4 is 12.0 Å². The first-order chi connectivity index (χ1) is 18.7. The molecule has 5 rings (SSSR count). The summed E-state index contributed by atoms with van der Waals surface area (Å²) in [5.74, 6) is 1.13. The highest BCUT2D eigenvalue weighted by molar-refractivity contribution is 5.78. The zero-order chi connectivity index (χ0) is 27.5. The number of hydrogen-bond acceptors (Lipinski definition) is 5. The largest absolute Gasteiger partial charge is 0.441 e. The zero-order valence-electron chi connectivity index (χ0n) is 22.5. The summed E-state index contributed by atoms with van der Waals surface area (Å²) in [6, 6.07) is 5.33. The van der Waals surface area contributed by atoms with Gasteiger partial charge >= 0.3 is 12.3 Å². The SMILES string of the molecule is O=C(NCC1CCOCC1)C1CCC(CN2CC3(CCN(Cc4ccc(C(F)(F)F)cc4)CC3)OC2=O)CC1. The molecule has 0 radical (unpaired) electrons. The lowest BCUT2D eigenvalue weighted by atomic mass is 9.81. The van der Waals surface area contributed by atoms with Gasteiger partial charge in [-0.1, -0.05) is 12.1 Å². The zero-order valence-corrected chi connectivity index (χ0v) is 22.5. The second-order valence-corrected chi connectivity index (χ2v) is 11.9. The summed E-state index contributed by atoms with van der Waals surface area (Å²) in [5.41, 5.74) is -0.268. The van der Waals surface area contributed by atoms with Crippen LogP contribution in [-0.4, -0.2) is 73.3 Å². The van der Waals surface area contributed by atoms with E-state index >= 15 is 0 Å². The van der Waals surface area contributed by atoms with Crippen LogP contribution in [0.1, 0.15) is 62.5 Å². The van der Waals surface area contributed by atoms with Crippen LogP contribution in [0, 0.1) is 17.8 Å². The Morgan fingerprint density at radius 3 is 2.28 bits per heavy atom. The summed E-state index contributed by atoms with van der Waals surface area (Å²) in [7, 11) is 0. The van der Waals surface area contributed by atoms with Crippen LogP contribution in [0.15, 0.2) is 24.3 Å². The van der Waals surface area contributed by atoms with E-state index in [2.05, 4.69) is 10.2 Å². The van der Waals surface area contributed by atoms with Crippen molar-refractivity contribution in [2.75, 3.05) is 45.9 Å². The Morgan fingerprint density at radius 1 is 0.974 bits per heavy atom. The Labute approximate surface area is 228 Å². The molecule has 39 heavy (non-hydrogen) atoms. The smallest absolute Gasteiger partial charge is 0.416 e. The molecule has 4 fully saturated rings. The Morgan fingerprint density at radius 2 is 1.64 bits per heavy atom. The number of amides is 2. The third kappa shape index (κ3) is 7.25. The first-order valence-electron chi connectivity index (χ1n) is 14.4. The van der Waals surface area contributed by atoms with Gasteiger partial charge in [-0.25, -0.2) is 4.79 Å². The molecule has 3 saturated heterocycles. The third-order valence-electron chi connectivity index (χ3n) is 9.10. The van der Waals surface area contributed by atoms with Crippen LogP contribution in [0.5, 0.6) is 0 Å². The minimum atomic E-state index is -4.33. The molecule has 3 aliphatic heterocycles. The molecule has 216 valence electrons. The minimum Gasteiger partial charge on any atom is -0.441 e. The van der Waals surface area contributed by atoms with Crippen LogP contribution in [0.2, 0.25) is 0 Å². The second kappa shape index (κ2) is 12.0. The quantitative estimate of drug-likeness (QED) is 0.525. The molecule has 1 aliphatic carbocycles. The van der Waals surface area contributed by atoms with E-state index in [0.29, 0.717) is 31.5 Å². The highest BCUT2D eigenvalue weighted by Gasteiger charge is 2.47. The van der Waals surface area contributed by atoms with E-state index in [1.807, 2.05) is 4.90 Å². The van der Waals surface area contributed by atoms with Crippen molar-refractivity contribution in [1.82, 2.24) is 15.1 Å². The first kappa shape index (κ1) is 28.2. The van der Waals surface area contributed by atoms with E-state index in [9.17, 15) is 22.8 Å². The Kier molecular flexibility index (Phi) is 8.71. The maximum atomic E-state index is 12.8. The number of hydrogen-bond donors (Lipinski definition) is 1. The van der Waals surface area contributed by atoms with Gasteiger partial charge in [-0.15, -0.1) is 0 Å². The molecule has 10 heteroatoms. The van der Waals surface area contributed by atoms with Crippen molar-refractivity contribution in [3.8, 4) is 0 Å². The fraction of sp³-hybridized carbons (Fsp3) is 0.724. The summed E-state index contributed by atoms with van der Waals surface area (Å²) in [6.07, 6.45) is 2.48. The Hall–Kier alpha value is -2.33. The van der Waals surface area contributed by atoms with E-state index in [1.165, 1.54) is 12.1 Å². The van der Waals surface area contributed by atoms with Crippen molar-refractivity contribution in [2.45, 2.75) is 69.7 Å². The van der Waals surface area contributed by atoms with E-state index in [4.69, 9.17) is 9.47 Å². The van der Waals surface area contributed by atoms with Gasteiger partial charge in [-0.3, -0.25) is 9.69 Å². The molecule has 1 N–H and O–H groups in total. The van der Waals surface area contributed by atoms with Crippen LogP contribution in [-0.2, 0) is 27.0 Å². The lowest BCUT2D eigenvalue weighted by Gasteiger charge is -2.37. The maximum absolute atomic E-state index is 12.8. The standard InChI is InChI=1S/C29H40F3N3O4/c30-29(31,32)25-7-3-22(4-8-25)18-34-13-11-28(12-14-34)20-35(27(37)39-28)19-23-1-5-24(6-2-23)26(36)33-17-21-9-15-38-16-10-21/h3-4,7-8,21,23-24H,1-2,5-6,9-20H2,(H,33,36). The third-order valence-corrected chi connectivity index (χ3v) is 9.10. The molecule has 2 amide bonds. The van der Waals surface area contributed by atoms with E-state index in [1.54, 1.807) is 0 Å². The van der Waals surface area contributed by atoms with E-state index in [0.717, 1.165) is 102 Å². The van der Waals surface area contributed by atoms with Crippen LogP contribution in [0.4, 0.5) is 18.0 Å². The van der Waals surface area contributed by atoms with Crippen LogP contribution < -0.4 is 5.32 Å². The highest BCUT2D eigenvalue weighted by atomic mass is 19.4. The lowest BCUT2D eigenvalue weighted by molar-refractivity contribution is -0.137. The topological polar surface area (TPSA) is 71.1 Å². The molecule has 1 saturated carbocycles. The molecule has 0 atom stereocenters. The van der Waals surface area contributed by atoms with Crippen molar-refractivity contribution in [2.24, 2.45) is 17.8 Å². The highest BCUT2D eigenvalue weighted by Crippen LogP contribution is 2.36. The van der Waals surface area contributed by atoms with Crippen LogP contribution >= 0.6 is 0 Å². The van der Waals surface area contributed by atoms with Crippen molar-refractivity contribution < 1.29 is 32.2 Å². The average Bonchev–Trinajstić information content (AvgIpc) is 3.23. The second-order valence-electron chi connectivity index (χ2n) is 11.9. The van der Waals surface area contributed by atoms with E-state index < -0.39 is 17.3 Å². The molecule has 3 heterocycles.